The lowest BCUT2D eigenvalue weighted by molar-refractivity contribution is -0.133. The van der Waals surface area contributed by atoms with Gasteiger partial charge in [-0.05, 0) is 39.4 Å². The van der Waals surface area contributed by atoms with E-state index in [9.17, 15) is 4.79 Å². The molecule has 1 unspecified atom stereocenters. The number of hydrogen-bond acceptors (Lipinski definition) is 2. The minimum atomic E-state index is -0.140. The molecule has 76 valence electrons. The Labute approximate surface area is 85.1 Å². The molecule has 0 bridgehead atoms. The monoisotopic (exact) mass is 201 g/mol. The van der Waals surface area contributed by atoms with Crippen molar-refractivity contribution in [3.63, 3.8) is 0 Å². The third-order valence-electron chi connectivity index (χ3n) is 2.77. The summed E-state index contributed by atoms with van der Waals surface area (Å²) in [6.07, 6.45) is 2.21. The topological polar surface area (TPSA) is 20.3 Å². The van der Waals surface area contributed by atoms with Gasteiger partial charge in [0.25, 0.3) is 0 Å². The Balaban J connectivity index is 2.65. The van der Waals surface area contributed by atoms with Crippen molar-refractivity contribution in [3.05, 3.63) is 0 Å². The highest BCUT2D eigenvalue weighted by Crippen LogP contribution is 2.39. The van der Waals surface area contributed by atoms with E-state index in [1.54, 1.807) is 0 Å². The van der Waals surface area contributed by atoms with Gasteiger partial charge in [0.1, 0.15) is 0 Å². The normalized spacial score (nSPS) is 28.1. The second-order valence-electron chi connectivity index (χ2n) is 4.19. The molecule has 13 heavy (non-hydrogen) atoms. The molecule has 1 heterocycles. The van der Waals surface area contributed by atoms with E-state index in [1.807, 2.05) is 23.7 Å². The highest BCUT2D eigenvalue weighted by Gasteiger charge is 2.39. The summed E-state index contributed by atoms with van der Waals surface area (Å²) in [7, 11) is 1.90. The molecular weight excluding hydrogens is 182 g/mol. The van der Waals surface area contributed by atoms with Crippen LogP contribution in [0.4, 0.5) is 0 Å². The number of carbonyl (C=O) groups is 1. The van der Waals surface area contributed by atoms with Gasteiger partial charge >= 0.3 is 0 Å². The molecule has 2 nitrogen and oxygen atoms in total. The number of rotatable bonds is 2. The molecule has 0 radical (unpaired) electrons. The van der Waals surface area contributed by atoms with Crippen molar-refractivity contribution in [1.29, 1.82) is 0 Å². The highest BCUT2D eigenvalue weighted by molar-refractivity contribution is 8.01. The number of hydrogen-bond donors (Lipinski definition) is 0. The van der Waals surface area contributed by atoms with Crippen LogP contribution >= 0.6 is 11.8 Å². The molecule has 0 N–H and O–H groups in total. The van der Waals surface area contributed by atoms with E-state index in [0.29, 0.717) is 11.9 Å². The molecule has 0 aromatic carbocycles. The van der Waals surface area contributed by atoms with Gasteiger partial charge in [-0.1, -0.05) is 0 Å². The lowest BCUT2D eigenvalue weighted by atomic mass is 10.0. The van der Waals surface area contributed by atoms with Crippen LogP contribution in [0.1, 0.15) is 33.6 Å². The number of carbonyl (C=O) groups excluding carboxylic acids is 1. The van der Waals surface area contributed by atoms with Crippen LogP contribution in [0.2, 0.25) is 0 Å². The van der Waals surface area contributed by atoms with Crippen LogP contribution in [0, 0.1) is 0 Å². The largest absolute Gasteiger partial charge is 0.342 e. The number of amides is 1. The molecule has 0 spiro atoms. The average Bonchev–Trinajstić information content (AvgIpc) is 2.50. The van der Waals surface area contributed by atoms with Gasteiger partial charge in [-0.25, -0.2) is 0 Å². The van der Waals surface area contributed by atoms with Crippen molar-refractivity contribution >= 4 is 17.7 Å². The van der Waals surface area contributed by atoms with Crippen molar-refractivity contribution in [2.45, 2.75) is 44.4 Å². The average molecular weight is 201 g/mol. The first kappa shape index (κ1) is 10.9. The summed E-state index contributed by atoms with van der Waals surface area (Å²) in [6.45, 7) is 6.19. The molecule has 0 aromatic rings. The molecule has 1 fully saturated rings. The molecule has 1 saturated heterocycles. The summed E-state index contributed by atoms with van der Waals surface area (Å²) in [6, 6.07) is 0.311. The molecule has 0 saturated carbocycles. The van der Waals surface area contributed by atoms with Gasteiger partial charge in [0.05, 0.1) is 4.75 Å². The molecule has 1 aliphatic rings. The van der Waals surface area contributed by atoms with Crippen molar-refractivity contribution < 1.29 is 4.79 Å². The molecular formula is C10H19NOS. The maximum absolute atomic E-state index is 12.0. The van der Waals surface area contributed by atoms with Crippen molar-refractivity contribution in [2.75, 3.05) is 12.8 Å². The van der Waals surface area contributed by atoms with Gasteiger partial charge in [-0.2, -0.15) is 0 Å². The fourth-order valence-corrected chi connectivity index (χ4v) is 2.85. The lowest BCUT2D eigenvalue weighted by Crippen LogP contribution is -2.44. The second-order valence-corrected chi connectivity index (χ2v) is 5.79. The highest BCUT2D eigenvalue weighted by atomic mass is 32.2. The summed E-state index contributed by atoms with van der Waals surface area (Å²) < 4.78 is -0.140. The zero-order valence-electron chi connectivity index (χ0n) is 8.96. The summed E-state index contributed by atoms with van der Waals surface area (Å²) in [4.78, 5) is 13.9. The maximum Gasteiger partial charge on any atom is 0.238 e. The third-order valence-corrected chi connectivity index (χ3v) is 4.27. The minimum absolute atomic E-state index is 0.140. The number of thioether (sulfide) groups is 1. The quantitative estimate of drug-likeness (QED) is 0.682. The van der Waals surface area contributed by atoms with E-state index in [-0.39, 0.29) is 4.75 Å². The lowest BCUT2D eigenvalue weighted by Gasteiger charge is -2.30. The zero-order valence-corrected chi connectivity index (χ0v) is 9.78. The van der Waals surface area contributed by atoms with Crippen LogP contribution in [0.15, 0.2) is 0 Å². The van der Waals surface area contributed by atoms with Gasteiger partial charge < -0.3 is 4.90 Å². The fraction of sp³-hybridized carbons (Fsp3) is 0.900. The van der Waals surface area contributed by atoms with Gasteiger partial charge in [0.2, 0.25) is 5.91 Å². The van der Waals surface area contributed by atoms with Gasteiger partial charge in [0.15, 0.2) is 0 Å². The molecule has 1 aliphatic heterocycles. The smallest absolute Gasteiger partial charge is 0.238 e. The molecule has 1 atom stereocenters. The Morgan fingerprint density at radius 1 is 1.54 bits per heavy atom. The summed E-state index contributed by atoms with van der Waals surface area (Å²) in [5, 5.41) is 0. The molecule has 3 heteroatoms. The Morgan fingerprint density at radius 2 is 2.15 bits per heavy atom. The van der Waals surface area contributed by atoms with E-state index >= 15 is 0 Å². The van der Waals surface area contributed by atoms with Crippen LogP contribution in [0.25, 0.3) is 0 Å². The van der Waals surface area contributed by atoms with Crippen LogP contribution in [0.3, 0.4) is 0 Å². The molecule has 1 amide bonds. The second kappa shape index (κ2) is 3.91. The van der Waals surface area contributed by atoms with E-state index in [4.69, 9.17) is 0 Å². The van der Waals surface area contributed by atoms with Crippen LogP contribution in [-0.2, 0) is 4.79 Å². The summed E-state index contributed by atoms with van der Waals surface area (Å²) >= 11 is 1.81. The van der Waals surface area contributed by atoms with E-state index in [0.717, 1.165) is 12.2 Å². The first-order chi connectivity index (χ1) is 5.97. The van der Waals surface area contributed by atoms with Gasteiger partial charge in [-0.15, -0.1) is 11.8 Å². The molecule has 0 aromatic heterocycles. The summed E-state index contributed by atoms with van der Waals surface area (Å²) in [5.74, 6) is 1.43. The third kappa shape index (κ3) is 2.19. The Bertz CT molecular complexity index is 197. The maximum atomic E-state index is 12.0. The predicted octanol–water partition coefficient (Wildman–Crippen LogP) is 2.14. The standard InChI is InChI=1S/C10H19NOS/c1-8(2)11(4)9(12)10(3)6-5-7-13-10/h8H,5-7H2,1-4H3. The fourth-order valence-electron chi connectivity index (χ4n) is 1.56. The molecule has 0 aliphatic carbocycles. The van der Waals surface area contributed by atoms with Crippen molar-refractivity contribution in [3.8, 4) is 0 Å². The zero-order chi connectivity index (χ0) is 10.1. The van der Waals surface area contributed by atoms with Crippen LogP contribution in [-0.4, -0.2) is 34.4 Å². The van der Waals surface area contributed by atoms with Crippen LogP contribution < -0.4 is 0 Å². The SMILES string of the molecule is CC(C)N(C)C(=O)C1(C)CCCS1. The Kier molecular flexibility index (Phi) is 3.28. The van der Waals surface area contributed by atoms with E-state index in [2.05, 4.69) is 20.8 Å². The van der Waals surface area contributed by atoms with Crippen molar-refractivity contribution in [1.82, 2.24) is 4.90 Å². The van der Waals surface area contributed by atoms with Gasteiger partial charge in [0, 0.05) is 13.1 Å². The first-order valence-electron chi connectivity index (χ1n) is 4.88. The summed E-state index contributed by atoms with van der Waals surface area (Å²) in [5.41, 5.74) is 0. The predicted molar refractivity (Wildman–Crippen MR) is 58.0 cm³/mol. The van der Waals surface area contributed by atoms with Crippen LogP contribution in [0.5, 0.6) is 0 Å². The first-order valence-corrected chi connectivity index (χ1v) is 5.87. The Hall–Kier alpha value is -0.180. The van der Waals surface area contributed by atoms with Gasteiger partial charge in [-0.3, -0.25) is 4.79 Å². The number of nitrogens with zero attached hydrogens (tertiary/aromatic N) is 1. The minimum Gasteiger partial charge on any atom is -0.342 e. The van der Waals surface area contributed by atoms with Crippen molar-refractivity contribution in [2.24, 2.45) is 0 Å². The van der Waals surface area contributed by atoms with E-state index < -0.39 is 0 Å². The molecule has 1 rings (SSSR count). The Morgan fingerprint density at radius 3 is 2.54 bits per heavy atom. The van der Waals surface area contributed by atoms with E-state index in [1.165, 1.54) is 6.42 Å².